The normalized spacial score (nSPS) is 16.7. The second-order valence-corrected chi connectivity index (χ2v) is 10.7. The Morgan fingerprint density at radius 3 is 1.83 bits per heavy atom. The first-order chi connectivity index (χ1) is 29.9. The van der Waals surface area contributed by atoms with Gasteiger partial charge in [0.05, 0.1) is 23.3 Å². The number of furan rings is 1. The molecule has 0 aliphatic heterocycles. The Balaban J connectivity index is 1.38. The molecule has 0 unspecified atom stereocenters. The summed E-state index contributed by atoms with van der Waals surface area (Å²) in [5.74, 6) is 0. The standard InChI is InChI=1S/C45H30O/c1-3-12-30(13-4-1)28-41-36-16-7-9-18-38(36)44(39-19-10-8-17-37(39)41)33-24-22-31(23-25-33)34-26-27-43-42(29-34)40-21-11-20-35(45(40)46-43)32-14-5-2-6-15-32/h1-27,29H,28H2/i1D,3D,4D,7D,8D,9D,10D,12D,13D,16D,17D,18D,19D,22D,23D,24D,25D. The van der Waals surface area contributed by atoms with Crippen molar-refractivity contribution < 1.29 is 27.7 Å². The van der Waals surface area contributed by atoms with Crippen LogP contribution in [0, 0.1) is 0 Å². The molecule has 0 spiro atoms. The molecule has 0 atom stereocenters. The van der Waals surface area contributed by atoms with Crippen molar-refractivity contribution in [3.05, 3.63) is 181 Å². The van der Waals surface area contributed by atoms with Crippen molar-refractivity contribution in [1.29, 1.82) is 0 Å². The Labute approximate surface area is 291 Å². The molecule has 0 bridgehead atoms. The van der Waals surface area contributed by atoms with Crippen LogP contribution in [0.15, 0.2) is 174 Å². The van der Waals surface area contributed by atoms with E-state index in [4.69, 9.17) is 19.5 Å². The summed E-state index contributed by atoms with van der Waals surface area (Å²) in [4.78, 5) is 0. The number of para-hydroxylation sites is 1. The Morgan fingerprint density at radius 2 is 1.11 bits per heavy atom. The Morgan fingerprint density at radius 1 is 0.457 bits per heavy atom. The topological polar surface area (TPSA) is 13.1 Å². The van der Waals surface area contributed by atoms with Crippen molar-refractivity contribution in [1.82, 2.24) is 0 Å². The van der Waals surface area contributed by atoms with Gasteiger partial charge >= 0.3 is 0 Å². The van der Waals surface area contributed by atoms with Gasteiger partial charge in [0, 0.05) is 16.3 Å². The summed E-state index contributed by atoms with van der Waals surface area (Å²) in [6, 6.07) is 8.58. The molecule has 1 heteroatoms. The van der Waals surface area contributed by atoms with Crippen molar-refractivity contribution in [3.63, 3.8) is 0 Å². The molecule has 0 amide bonds. The van der Waals surface area contributed by atoms with Crippen molar-refractivity contribution in [2.75, 3.05) is 0 Å². The number of hydrogen-bond donors (Lipinski definition) is 0. The van der Waals surface area contributed by atoms with E-state index >= 15 is 0 Å². The first-order valence-electron chi connectivity index (χ1n) is 23.0. The molecule has 0 saturated heterocycles. The van der Waals surface area contributed by atoms with Gasteiger partial charge in [-0.1, -0.05) is 157 Å². The fraction of sp³-hybridized carbons (Fsp3) is 0.0222. The van der Waals surface area contributed by atoms with Crippen LogP contribution in [0.3, 0.4) is 0 Å². The van der Waals surface area contributed by atoms with E-state index in [1.807, 2.05) is 48.5 Å². The lowest BCUT2D eigenvalue weighted by molar-refractivity contribution is 0.670. The lowest BCUT2D eigenvalue weighted by Gasteiger charge is -2.18. The van der Waals surface area contributed by atoms with E-state index in [0.29, 0.717) is 22.1 Å². The van der Waals surface area contributed by atoms with Gasteiger partial charge < -0.3 is 4.42 Å². The second-order valence-electron chi connectivity index (χ2n) is 10.7. The van der Waals surface area contributed by atoms with Crippen LogP contribution in [0.5, 0.6) is 0 Å². The monoisotopic (exact) mass is 603 g/mol. The van der Waals surface area contributed by atoms with Crippen LogP contribution >= 0.6 is 0 Å². The molecule has 1 nitrogen and oxygen atoms in total. The number of fused-ring (bicyclic) bond motifs is 5. The largest absolute Gasteiger partial charge is 0.455 e. The summed E-state index contributed by atoms with van der Waals surface area (Å²) >= 11 is 0. The predicted molar refractivity (Wildman–Crippen MR) is 194 cm³/mol. The van der Waals surface area contributed by atoms with Gasteiger partial charge in [-0.3, -0.25) is 0 Å². The van der Waals surface area contributed by atoms with Crippen LogP contribution in [0.1, 0.15) is 34.4 Å². The highest BCUT2D eigenvalue weighted by atomic mass is 16.3. The van der Waals surface area contributed by atoms with Gasteiger partial charge in [-0.15, -0.1) is 0 Å². The van der Waals surface area contributed by atoms with Gasteiger partial charge in [-0.25, -0.2) is 0 Å². The minimum Gasteiger partial charge on any atom is -0.455 e. The quantitative estimate of drug-likeness (QED) is 0.178. The van der Waals surface area contributed by atoms with Crippen LogP contribution in [0.25, 0.3) is 76.9 Å². The molecule has 216 valence electrons. The number of rotatable bonds is 5. The lowest BCUT2D eigenvalue weighted by Crippen LogP contribution is -1.95. The molecule has 0 aliphatic carbocycles. The van der Waals surface area contributed by atoms with Gasteiger partial charge in [0.25, 0.3) is 0 Å². The molecule has 0 aliphatic rings. The third-order valence-electron chi connectivity index (χ3n) is 8.13. The molecule has 0 saturated carbocycles. The zero-order chi connectivity index (χ0) is 45.2. The average molecular weight is 604 g/mol. The van der Waals surface area contributed by atoms with E-state index < -0.39 is 131 Å². The fourth-order valence-corrected chi connectivity index (χ4v) is 6.05. The zero-order valence-corrected chi connectivity index (χ0v) is 24.0. The molecule has 1 heterocycles. The van der Waals surface area contributed by atoms with Gasteiger partial charge in [-0.05, 0) is 79.0 Å². The summed E-state index contributed by atoms with van der Waals surface area (Å²) in [6.45, 7) is 0. The number of benzene rings is 8. The molecule has 8 aromatic carbocycles. The third kappa shape index (κ3) is 4.40. The number of hydrogen-bond acceptors (Lipinski definition) is 1. The van der Waals surface area contributed by atoms with Crippen LogP contribution < -0.4 is 0 Å². The van der Waals surface area contributed by atoms with Crippen molar-refractivity contribution in [3.8, 4) is 33.4 Å². The summed E-state index contributed by atoms with van der Waals surface area (Å²) in [7, 11) is 0. The van der Waals surface area contributed by atoms with E-state index in [2.05, 4.69) is 0 Å². The molecular weight excluding hydrogens is 556 g/mol. The molecule has 46 heavy (non-hydrogen) atoms. The second kappa shape index (κ2) is 10.9. The smallest absolute Gasteiger partial charge is 0.143 e. The first kappa shape index (κ1) is 14.5. The predicted octanol–water partition coefficient (Wildman–Crippen LogP) is 12.5. The highest BCUT2D eigenvalue weighted by Crippen LogP contribution is 2.41. The maximum atomic E-state index is 9.49. The van der Waals surface area contributed by atoms with Crippen LogP contribution in [-0.2, 0) is 6.42 Å². The third-order valence-corrected chi connectivity index (χ3v) is 8.13. The van der Waals surface area contributed by atoms with Crippen molar-refractivity contribution in [2.45, 2.75) is 6.42 Å². The minimum absolute atomic E-state index is 0.112. The summed E-state index contributed by atoms with van der Waals surface area (Å²) in [5.41, 5.74) is 1.61. The molecule has 0 N–H and O–H groups in total. The highest BCUT2D eigenvalue weighted by Gasteiger charge is 2.16. The maximum Gasteiger partial charge on any atom is 0.143 e. The molecule has 1 aromatic heterocycles. The Bertz CT molecular complexity index is 3370. The molecule has 0 fully saturated rings. The summed E-state index contributed by atoms with van der Waals surface area (Å²) in [5, 5.41) is -0.142. The van der Waals surface area contributed by atoms with Crippen molar-refractivity contribution in [2.24, 2.45) is 0 Å². The lowest BCUT2D eigenvalue weighted by atomic mass is 9.86. The van der Waals surface area contributed by atoms with Crippen LogP contribution in [-0.4, -0.2) is 0 Å². The Kier molecular flexibility index (Phi) is 3.43. The molecule has 9 rings (SSSR count). The fourth-order valence-electron chi connectivity index (χ4n) is 6.05. The minimum atomic E-state index is -0.773. The van der Waals surface area contributed by atoms with Gasteiger partial charge in [0.15, 0.2) is 0 Å². The van der Waals surface area contributed by atoms with Crippen molar-refractivity contribution >= 4 is 43.5 Å². The van der Waals surface area contributed by atoms with E-state index in [0.717, 1.165) is 16.5 Å². The van der Waals surface area contributed by atoms with Gasteiger partial charge in [0.2, 0.25) is 0 Å². The van der Waals surface area contributed by atoms with E-state index in [1.165, 1.54) is 0 Å². The SMILES string of the molecule is [2H]c1c([2H])c([2H])c(Cc2c3c([2H])c([2H])c([2H])c([2H])c3c(-c3c([2H])c([2H])c(-c4ccc5oc6c(-c7ccccc7)cccc6c5c4)c([2H])c3[2H])c3c([2H])c([2H])c([2H])c([2H])c23)c([2H])c1[2H]. The van der Waals surface area contributed by atoms with Crippen LogP contribution in [0.4, 0.5) is 0 Å². The summed E-state index contributed by atoms with van der Waals surface area (Å²) in [6.07, 6.45) is -0.654. The molecule has 9 aromatic rings. The van der Waals surface area contributed by atoms with Gasteiger partial charge in [-0.2, -0.15) is 0 Å². The highest BCUT2D eigenvalue weighted by molar-refractivity contribution is 6.15. The van der Waals surface area contributed by atoms with Gasteiger partial charge in [0.1, 0.15) is 11.2 Å². The molecular formula is C45H30O. The van der Waals surface area contributed by atoms with E-state index in [1.54, 1.807) is 18.2 Å². The van der Waals surface area contributed by atoms with Crippen LogP contribution in [0.2, 0.25) is 0 Å². The molecule has 0 radical (unpaired) electrons. The Hall–Kier alpha value is -5.92. The van der Waals surface area contributed by atoms with E-state index in [9.17, 15) is 8.22 Å². The maximum absolute atomic E-state index is 9.49. The summed E-state index contributed by atoms with van der Waals surface area (Å²) < 4.78 is 158. The zero-order valence-electron chi connectivity index (χ0n) is 41.0. The first-order valence-corrected chi connectivity index (χ1v) is 14.5. The average Bonchev–Trinajstić information content (AvgIpc) is 3.66. The van der Waals surface area contributed by atoms with E-state index in [-0.39, 0.29) is 27.5 Å².